The Morgan fingerprint density at radius 3 is 1.80 bits per heavy atom. The van der Waals surface area contributed by atoms with Gasteiger partial charge in [-0.05, 0) is 18.9 Å². The standard InChI is InChI=1S/C17H12Cl6O2/c1-3-17(23,9-6-4-8(2)5-7-9)16(24)25-15-13(21)11(19)10(18)12(20)14(15)22/h4-7H,3H2,1-2H3/t17-/m0/s1. The molecule has 0 aliphatic heterocycles. The van der Waals surface area contributed by atoms with E-state index in [0.717, 1.165) is 5.56 Å². The number of carbonyl (C=O) groups is 1. The predicted octanol–water partition coefficient (Wildman–Crippen LogP) is 7.71. The van der Waals surface area contributed by atoms with Crippen LogP contribution in [-0.4, -0.2) is 5.97 Å². The van der Waals surface area contributed by atoms with Crippen LogP contribution in [0.3, 0.4) is 0 Å². The third-order valence-electron chi connectivity index (χ3n) is 3.68. The van der Waals surface area contributed by atoms with Crippen LogP contribution >= 0.6 is 69.6 Å². The summed E-state index contributed by atoms with van der Waals surface area (Å²) in [7, 11) is 0. The minimum atomic E-state index is -1.42. The van der Waals surface area contributed by atoms with Gasteiger partial charge in [0.15, 0.2) is 10.6 Å². The Hall–Kier alpha value is -0.350. The van der Waals surface area contributed by atoms with Crippen molar-refractivity contribution in [1.29, 1.82) is 0 Å². The fourth-order valence-electron chi connectivity index (χ4n) is 2.13. The van der Waals surface area contributed by atoms with E-state index in [-0.39, 0.29) is 37.3 Å². The normalized spacial score (nSPS) is 13.4. The zero-order chi connectivity index (χ0) is 18.9. The largest absolute Gasteiger partial charge is 0.422 e. The molecule has 0 N–H and O–H groups in total. The van der Waals surface area contributed by atoms with Gasteiger partial charge < -0.3 is 4.74 Å². The number of esters is 1. The van der Waals surface area contributed by atoms with E-state index in [1.807, 2.05) is 19.1 Å². The zero-order valence-electron chi connectivity index (χ0n) is 13.1. The predicted molar refractivity (Wildman–Crippen MR) is 106 cm³/mol. The van der Waals surface area contributed by atoms with Crippen molar-refractivity contribution in [1.82, 2.24) is 0 Å². The number of hydrogen-bond donors (Lipinski definition) is 0. The highest BCUT2D eigenvalue weighted by molar-refractivity contribution is 6.55. The number of carbonyl (C=O) groups excluding carboxylic acids is 1. The molecule has 0 bridgehead atoms. The topological polar surface area (TPSA) is 26.3 Å². The van der Waals surface area contributed by atoms with Crippen LogP contribution in [0.5, 0.6) is 5.75 Å². The molecule has 134 valence electrons. The number of halogens is 6. The maximum Gasteiger partial charge on any atom is 0.337 e. The first-order valence-corrected chi connectivity index (χ1v) is 9.40. The summed E-state index contributed by atoms with van der Waals surface area (Å²) in [5, 5.41) is -0.383. The van der Waals surface area contributed by atoms with Crippen LogP contribution in [0.25, 0.3) is 0 Å². The number of rotatable bonds is 4. The van der Waals surface area contributed by atoms with E-state index < -0.39 is 10.8 Å². The Balaban J connectivity index is 2.46. The maximum atomic E-state index is 12.8. The van der Waals surface area contributed by atoms with Gasteiger partial charge in [0.05, 0.1) is 15.1 Å². The Bertz CT molecular complexity index is 790. The highest BCUT2D eigenvalue weighted by Crippen LogP contribution is 2.49. The number of ether oxygens (including phenoxy) is 1. The fraction of sp³-hybridized carbons (Fsp3) is 0.235. The molecule has 0 aliphatic carbocycles. The molecule has 0 fully saturated rings. The van der Waals surface area contributed by atoms with E-state index in [1.165, 1.54) is 0 Å². The highest BCUT2D eigenvalue weighted by Gasteiger charge is 2.39. The van der Waals surface area contributed by atoms with Gasteiger partial charge in [0, 0.05) is 0 Å². The average Bonchev–Trinajstić information content (AvgIpc) is 2.61. The van der Waals surface area contributed by atoms with Crippen molar-refractivity contribution < 1.29 is 9.53 Å². The number of benzene rings is 2. The molecule has 2 nitrogen and oxygen atoms in total. The lowest BCUT2D eigenvalue weighted by Gasteiger charge is -2.25. The van der Waals surface area contributed by atoms with Gasteiger partial charge in [-0.2, -0.15) is 0 Å². The van der Waals surface area contributed by atoms with Crippen LogP contribution in [0.4, 0.5) is 0 Å². The van der Waals surface area contributed by atoms with E-state index in [9.17, 15) is 4.79 Å². The fourth-order valence-corrected chi connectivity index (χ4v) is 3.49. The molecule has 2 aromatic carbocycles. The molecule has 0 spiro atoms. The first-order chi connectivity index (χ1) is 11.6. The Labute approximate surface area is 175 Å². The number of hydrogen-bond acceptors (Lipinski definition) is 2. The van der Waals surface area contributed by atoms with Crippen molar-refractivity contribution in [2.45, 2.75) is 25.1 Å². The van der Waals surface area contributed by atoms with Crippen LogP contribution in [-0.2, 0) is 9.67 Å². The van der Waals surface area contributed by atoms with Crippen molar-refractivity contribution in [2.75, 3.05) is 0 Å². The molecular formula is C17H12Cl6O2. The maximum absolute atomic E-state index is 12.8. The second kappa shape index (κ2) is 8.12. The van der Waals surface area contributed by atoms with E-state index in [2.05, 4.69) is 0 Å². The molecule has 0 aromatic heterocycles. The average molecular weight is 461 g/mol. The summed E-state index contributed by atoms with van der Waals surface area (Å²) in [5.74, 6) is -0.933. The van der Waals surface area contributed by atoms with Crippen molar-refractivity contribution in [3.63, 3.8) is 0 Å². The molecule has 2 rings (SSSR count). The molecule has 25 heavy (non-hydrogen) atoms. The monoisotopic (exact) mass is 458 g/mol. The van der Waals surface area contributed by atoms with Crippen molar-refractivity contribution in [3.8, 4) is 5.75 Å². The minimum absolute atomic E-state index is 0.0238. The second-order valence-corrected chi connectivity index (χ2v) is 7.84. The van der Waals surface area contributed by atoms with Gasteiger partial charge in [-0.3, -0.25) is 0 Å². The summed E-state index contributed by atoms with van der Waals surface area (Å²) in [6, 6.07) is 7.23. The van der Waals surface area contributed by atoms with Gasteiger partial charge in [-0.15, -0.1) is 11.6 Å². The van der Waals surface area contributed by atoms with E-state index in [1.54, 1.807) is 19.1 Å². The molecule has 2 aromatic rings. The van der Waals surface area contributed by atoms with Gasteiger partial charge in [-0.25, -0.2) is 4.79 Å². The first-order valence-electron chi connectivity index (χ1n) is 7.13. The lowest BCUT2D eigenvalue weighted by Crippen LogP contribution is -2.33. The summed E-state index contributed by atoms with van der Waals surface area (Å²) < 4.78 is 5.37. The Morgan fingerprint density at radius 1 is 0.920 bits per heavy atom. The molecule has 0 unspecified atom stereocenters. The third kappa shape index (κ3) is 4.00. The first kappa shape index (κ1) is 21.0. The molecule has 0 saturated heterocycles. The summed E-state index contributed by atoms with van der Waals surface area (Å²) in [6.07, 6.45) is 0.279. The molecule has 0 amide bonds. The summed E-state index contributed by atoms with van der Waals surface area (Å²) in [5.41, 5.74) is 1.63. The molecule has 0 heterocycles. The van der Waals surface area contributed by atoms with Crippen molar-refractivity contribution >= 4 is 75.6 Å². The van der Waals surface area contributed by atoms with Gasteiger partial charge in [-0.1, -0.05) is 94.8 Å². The quantitative estimate of drug-likeness (QED) is 0.153. The Morgan fingerprint density at radius 2 is 1.36 bits per heavy atom. The molecule has 0 radical (unpaired) electrons. The summed E-state index contributed by atoms with van der Waals surface area (Å²) >= 11 is 36.7. The number of aryl methyl sites for hydroxylation is 1. The molecule has 0 saturated carbocycles. The van der Waals surface area contributed by atoms with Crippen LogP contribution in [0.2, 0.25) is 25.1 Å². The summed E-state index contributed by atoms with van der Waals surface area (Å²) in [6.45, 7) is 3.69. The molecular weight excluding hydrogens is 449 g/mol. The lowest BCUT2D eigenvalue weighted by molar-refractivity contribution is -0.137. The van der Waals surface area contributed by atoms with Crippen LogP contribution in [0.15, 0.2) is 24.3 Å². The lowest BCUT2D eigenvalue weighted by atomic mass is 9.94. The van der Waals surface area contributed by atoms with E-state index >= 15 is 0 Å². The number of alkyl halides is 1. The van der Waals surface area contributed by atoms with Crippen molar-refractivity contribution in [2.24, 2.45) is 0 Å². The van der Waals surface area contributed by atoms with Crippen LogP contribution in [0.1, 0.15) is 24.5 Å². The van der Waals surface area contributed by atoms with Gasteiger partial charge in [0.2, 0.25) is 0 Å². The molecule has 8 heteroatoms. The highest BCUT2D eigenvalue weighted by atomic mass is 35.5. The molecule has 0 aliphatic rings. The van der Waals surface area contributed by atoms with E-state index in [0.29, 0.717) is 5.56 Å². The Kier molecular flexibility index (Phi) is 6.81. The zero-order valence-corrected chi connectivity index (χ0v) is 17.6. The van der Waals surface area contributed by atoms with Gasteiger partial charge >= 0.3 is 5.97 Å². The van der Waals surface area contributed by atoms with Gasteiger partial charge in [0.25, 0.3) is 0 Å². The van der Waals surface area contributed by atoms with Crippen LogP contribution in [0, 0.1) is 6.92 Å². The van der Waals surface area contributed by atoms with Crippen molar-refractivity contribution in [3.05, 3.63) is 60.5 Å². The summed E-state index contributed by atoms with van der Waals surface area (Å²) in [4.78, 5) is 11.4. The minimum Gasteiger partial charge on any atom is -0.422 e. The van der Waals surface area contributed by atoms with E-state index in [4.69, 9.17) is 74.3 Å². The molecule has 1 atom stereocenters. The second-order valence-electron chi connectivity index (χ2n) is 5.31. The van der Waals surface area contributed by atoms with Gasteiger partial charge in [0.1, 0.15) is 10.0 Å². The SMILES string of the molecule is CC[C@@](Cl)(C(=O)Oc1c(Cl)c(Cl)c(Cl)c(Cl)c1Cl)c1ccc(C)cc1. The smallest absolute Gasteiger partial charge is 0.337 e. The third-order valence-corrected chi connectivity index (χ3v) is 6.57. The van der Waals surface area contributed by atoms with Crippen LogP contribution < -0.4 is 4.74 Å².